The van der Waals surface area contributed by atoms with Gasteiger partial charge in [0.15, 0.2) is 0 Å². The minimum atomic E-state index is 0. The molecule has 1 aliphatic carbocycles. The Labute approximate surface area is 96.9 Å². The molecule has 2 unspecified atom stereocenters. The minimum Gasteiger partial charge on any atom is -0.314 e. The fraction of sp³-hybridized carbons (Fsp3) is 0.583. The Bertz CT molecular complexity index is 309. The van der Waals surface area contributed by atoms with Gasteiger partial charge >= 0.3 is 0 Å². The average molecular weight is 225 g/mol. The van der Waals surface area contributed by atoms with E-state index in [9.17, 15) is 0 Å². The van der Waals surface area contributed by atoms with Gasteiger partial charge in [0.1, 0.15) is 0 Å². The van der Waals surface area contributed by atoms with Gasteiger partial charge < -0.3 is 5.32 Å². The van der Waals surface area contributed by atoms with Crippen molar-refractivity contribution in [3.8, 4) is 0 Å². The number of hydrogen-bond donors (Lipinski definition) is 1. The standard InChI is InChI=1S/C12H16N2.ClH/c1-3-9-7-10(8-12(9)14-5-1)11-4-2-6-13-11;/h1,3,5,10-11,13H,2,4,6-8H2;1H. The topological polar surface area (TPSA) is 24.9 Å². The summed E-state index contributed by atoms with van der Waals surface area (Å²) in [6, 6.07) is 5.05. The molecule has 0 radical (unpaired) electrons. The second-order valence-electron chi connectivity index (χ2n) is 4.48. The molecule has 1 fully saturated rings. The van der Waals surface area contributed by atoms with Gasteiger partial charge in [0.25, 0.3) is 0 Å². The number of nitrogens with zero attached hydrogens (tertiary/aromatic N) is 1. The van der Waals surface area contributed by atoms with Crippen molar-refractivity contribution in [1.82, 2.24) is 10.3 Å². The molecule has 0 spiro atoms. The zero-order chi connectivity index (χ0) is 9.38. The van der Waals surface area contributed by atoms with Crippen LogP contribution in [-0.4, -0.2) is 17.6 Å². The Kier molecular flexibility index (Phi) is 3.27. The second kappa shape index (κ2) is 4.50. The number of aromatic nitrogens is 1. The van der Waals surface area contributed by atoms with E-state index in [2.05, 4.69) is 22.4 Å². The molecule has 2 nitrogen and oxygen atoms in total. The summed E-state index contributed by atoms with van der Waals surface area (Å²) in [4.78, 5) is 4.45. The highest BCUT2D eigenvalue weighted by molar-refractivity contribution is 5.85. The van der Waals surface area contributed by atoms with Crippen molar-refractivity contribution >= 4 is 12.4 Å². The van der Waals surface area contributed by atoms with Crippen molar-refractivity contribution in [1.29, 1.82) is 0 Å². The summed E-state index contributed by atoms with van der Waals surface area (Å²) >= 11 is 0. The molecular weight excluding hydrogens is 208 g/mol. The van der Waals surface area contributed by atoms with Gasteiger partial charge in [0, 0.05) is 17.9 Å². The SMILES string of the molecule is Cl.c1cnc2c(c1)CC(C1CCCN1)C2. The van der Waals surface area contributed by atoms with E-state index in [-0.39, 0.29) is 12.4 Å². The second-order valence-corrected chi connectivity index (χ2v) is 4.48. The van der Waals surface area contributed by atoms with Crippen LogP contribution < -0.4 is 5.32 Å². The van der Waals surface area contributed by atoms with Gasteiger partial charge in [-0.3, -0.25) is 4.98 Å². The highest BCUT2D eigenvalue weighted by Crippen LogP contribution is 2.29. The van der Waals surface area contributed by atoms with Gasteiger partial charge in [0.05, 0.1) is 0 Å². The molecule has 15 heavy (non-hydrogen) atoms. The largest absolute Gasteiger partial charge is 0.314 e. The van der Waals surface area contributed by atoms with Crippen LogP contribution in [0.1, 0.15) is 24.1 Å². The summed E-state index contributed by atoms with van der Waals surface area (Å²) in [6.45, 7) is 1.21. The first kappa shape index (κ1) is 10.9. The molecule has 2 atom stereocenters. The van der Waals surface area contributed by atoms with Gasteiger partial charge in [-0.05, 0) is 49.8 Å². The minimum absolute atomic E-state index is 0. The maximum absolute atomic E-state index is 4.45. The van der Waals surface area contributed by atoms with Crippen molar-refractivity contribution in [3.63, 3.8) is 0 Å². The van der Waals surface area contributed by atoms with E-state index in [1.165, 1.54) is 43.5 Å². The van der Waals surface area contributed by atoms with Gasteiger partial charge in [0.2, 0.25) is 0 Å². The summed E-state index contributed by atoms with van der Waals surface area (Å²) in [7, 11) is 0. The number of pyridine rings is 1. The summed E-state index contributed by atoms with van der Waals surface area (Å²) in [5.41, 5.74) is 2.82. The number of nitrogens with one attached hydrogen (secondary N) is 1. The van der Waals surface area contributed by atoms with Crippen LogP contribution in [0.25, 0.3) is 0 Å². The third-order valence-corrected chi connectivity index (χ3v) is 3.59. The Hall–Kier alpha value is -0.600. The molecule has 2 aliphatic rings. The number of halogens is 1. The first-order valence-electron chi connectivity index (χ1n) is 5.59. The predicted molar refractivity (Wildman–Crippen MR) is 63.4 cm³/mol. The Morgan fingerprint density at radius 1 is 1.33 bits per heavy atom. The van der Waals surface area contributed by atoms with Gasteiger partial charge in [-0.15, -0.1) is 12.4 Å². The lowest BCUT2D eigenvalue weighted by Crippen LogP contribution is -2.30. The predicted octanol–water partition coefficient (Wildman–Crippen LogP) is 1.97. The number of rotatable bonds is 1. The van der Waals surface area contributed by atoms with Gasteiger partial charge in [-0.1, -0.05) is 6.07 Å². The van der Waals surface area contributed by atoms with E-state index in [0.717, 1.165) is 12.0 Å². The van der Waals surface area contributed by atoms with Gasteiger partial charge in [-0.2, -0.15) is 0 Å². The normalized spacial score (nSPS) is 28.5. The van der Waals surface area contributed by atoms with E-state index in [0.29, 0.717) is 0 Å². The summed E-state index contributed by atoms with van der Waals surface area (Å²) in [5.74, 6) is 0.808. The van der Waals surface area contributed by atoms with Crippen molar-refractivity contribution in [2.45, 2.75) is 31.7 Å². The van der Waals surface area contributed by atoms with Gasteiger partial charge in [-0.25, -0.2) is 0 Å². The molecule has 0 bridgehead atoms. The van der Waals surface area contributed by atoms with Crippen molar-refractivity contribution in [2.75, 3.05) is 6.54 Å². The van der Waals surface area contributed by atoms with Crippen LogP contribution in [0, 0.1) is 5.92 Å². The van der Waals surface area contributed by atoms with E-state index in [1.807, 2.05) is 6.20 Å². The molecule has 0 saturated carbocycles. The molecule has 1 saturated heterocycles. The molecule has 1 aliphatic heterocycles. The lowest BCUT2D eigenvalue weighted by atomic mass is 9.96. The molecule has 0 aromatic carbocycles. The highest BCUT2D eigenvalue weighted by atomic mass is 35.5. The first-order valence-corrected chi connectivity index (χ1v) is 5.59. The summed E-state index contributed by atoms with van der Waals surface area (Å²) in [6.07, 6.45) is 7.06. The van der Waals surface area contributed by atoms with Crippen LogP contribution in [0.2, 0.25) is 0 Å². The van der Waals surface area contributed by atoms with Crippen molar-refractivity contribution in [3.05, 3.63) is 29.6 Å². The monoisotopic (exact) mass is 224 g/mol. The Morgan fingerprint density at radius 3 is 3.00 bits per heavy atom. The highest BCUT2D eigenvalue weighted by Gasteiger charge is 2.30. The fourth-order valence-electron chi connectivity index (χ4n) is 2.84. The van der Waals surface area contributed by atoms with E-state index < -0.39 is 0 Å². The molecule has 1 aromatic heterocycles. The Morgan fingerprint density at radius 2 is 2.27 bits per heavy atom. The molecule has 3 heteroatoms. The summed E-state index contributed by atoms with van der Waals surface area (Å²) in [5, 5.41) is 3.61. The molecule has 0 amide bonds. The van der Waals surface area contributed by atoms with Crippen LogP contribution in [0.4, 0.5) is 0 Å². The average Bonchev–Trinajstić information content (AvgIpc) is 2.86. The van der Waals surface area contributed by atoms with Crippen LogP contribution in [0.3, 0.4) is 0 Å². The summed E-state index contributed by atoms with van der Waals surface area (Å²) < 4.78 is 0. The van der Waals surface area contributed by atoms with Crippen LogP contribution in [-0.2, 0) is 12.8 Å². The third kappa shape index (κ3) is 2.01. The quantitative estimate of drug-likeness (QED) is 0.789. The smallest absolute Gasteiger partial charge is 0.0439 e. The van der Waals surface area contributed by atoms with Crippen molar-refractivity contribution in [2.24, 2.45) is 5.92 Å². The number of hydrogen-bond acceptors (Lipinski definition) is 2. The third-order valence-electron chi connectivity index (χ3n) is 3.59. The number of fused-ring (bicyclic) bond motifs is 1. The molecule has 82 valence electrons. The van der Waals surface area contributed by atoms with E-state index in [4.69, 9.17) is 0 Å². The maximum Gasteiger partial charge on any atom is 0.0439 e. The zero-order valence-corrected chi connectivity index (χ0v) is 9.59. The zero-order valence-electron chi connectivity index (χ0n) is 8.78. The molecule has 3 rings (SSSR count). The maximum atomic E-state index is 4.45. The molecule has 1 aromatic rings. The molecule has 1 N–H and O–H groups in total. The van der Waals surface area contributed by atoms with Crippen LogP contribution >= 0.6 is 12.4 Å². The fourth-order valence-corrected chi connectivity index (χ4v) is 2.84. The van der Waals surface area contributed by atoms with Crippen LogP contribution in [0.15, 0.2) is 18.3 Å². The molecular formula is C12H17ClN2. The lowest BCUT2D eigenvalue weighted by molar-refractivity contribution is 0.404. The first-order chi connectivity index (χ1) is 6.93. The van der Waals surface area contributed by atoms with Crippen molar-refractivity contribution < 1.29 is 0 Å². The van der Waals surface area contributed by atoms with E-state index in [1.54, 1.807) is 0 Å². The Balaban J connectivity index is 0.000000853. The molecule has 2 heterocycles. The van der Waals surface area contributed by atoms with Crippen LogP contribution in [0.5, 0.6) is 0 Å². The van der Waals surface area contributed by atoms with E-state index >= 15 is 0 Å². The lowest BCUT2D eigenvalue weighted by Gasteiger charge is -2.17.